The third-order valence-electron chi connectivity index (χ3n) is 2.63. The van der Waals surface area contributed by atoms with Gasteiger partial charge in [0.2, 0.25) is 0 Å². The molecule has 0 heterocycles. The maximum Gasteiger partial charge on any atom is 0.148 e. The van der Waals surface area contributed by atoms with Gasteiger partial charge in [0.1, 0.15) is 20.6 Å². The first kappa shape index (κ1) is 16.0. The summed E-state index contributed by atoms with van der Waals surface area (Å²) in [4.78, 5) is 1.75. The van der Waals surface area contributed by atoms with E-state index in [4.69, 9.17) is 18.0 Å². The lowest BCUT2D eigenvalue weighted by Crippen LogP contribution is -2.25. The van der Waals surface area contributed by atoms with Gasteiger partial charge in [0, 0.05) is 30.5 Å². The van der Waals surface area contributed by atoms with Crippen LogP contribution < -0.4 is 5.73 Å². The van der Waals surface area contributed by atoms with Crippen molar-refractivity contribution in [3.05, 3.63) is 35.1 Å². The normalized spacial score (nSPS) is 11.8. The molecule has 0 bridgehead atoms. The fraction of sp³-hybridized carbons (Fsp3) is 0.417. The van der Waals surface area contributed by atoms with Crippen molar-refractivity contribution < 1.29 is 12.8 Å². The smallest absolute Gasteiger partial charge is 0.148 e. The van der Waals surface area contributed by atoms with Crippen LogP contribution in [-0.2, 0) is 16.4 Å². The molecule has 2 N–H and O–H groups in total. The number of halogens is 1. The van der Waals surface area contributed by atoms with Crippen molar-refractivity contribution in [3.8, 4) is 0 Å². The molecular weight excluding hydrogens is 287 g/mol. The Morgan fingerprint density at radius 3 is 2.63 bits per heavy atom. The van der Waals surface area contributed by atoms with Crippen LogP contribution in [0.5, 0.6) is 0 Å². The fourth-order valence-electron chi connectivity index (χ4n) is 1.58. The highest BCUT2D eigenvalue weighted by atomic mass is 32.2. The molecule has 0 atom stereocenters. The van der Waals surface area contributed by atoms with Crippen LogP contribution in [0.3, 0.4) is 0 Å². The number of hydrogen-bond acceptors (Lipinski definition) is 4. The molecule has 1 aromatic carbocycles. The monoisotopic (exact) mass is 304 g/mol. The zero-order valence-corrected chi connectivity index (χ0v) is 12.5. The van der Waals surface area contributed by atoms with E-state index in [0.29, 0.717) is 18.7 Å². The van der Waals surface area contributed by atoms with E-state index >= 15 is 0 Å². The Bertz CT molecular complexity index is 573. The predicted molar refractivity (Wildman–Crippen MR) is 78.3 cm³/mol. The summed E-state index contributed by atoms with van der Waals surface area (Å²) in [5.74, 6) is -0.402. The lowest BCUT2D eigenvalue weighted by Gasteiger charge is -2.17. The molecule has 0 aliphatic carbocycles. The summed E-state index contributed by atoms with van der Waals surface area (Å²) in [5.41, 5.74) is 6.09. The van der Waals surface area contributed by atoms with Crippen molar-refractivity contribution >= 4 is 27.0 Å². The maximum absolute atomic E-state index is 14.0. The Morgan fingerprint density at radius 1 is 1.47 bits per heavy atom. The first-order valence-corrected chi connectivity index (χ1v) is 8.11. The number of benzene rings is 1. The summed E-state index contributed by atoms with van der Waals surface area (Å²) in [6.07, 6.45) is 1.18. The molecule has 0 unspecified atom stereocenters. The predicted octanol–water partition coefficient (Wildman–Crippen LogP) is 0.936. The minimum absolute atomic E-state index is 0.0122. The number of nitrogens with zero attached hydrogens (tertiary/aromatic N) is 1. The molecule has 0 aliphatic heterocycles. The molecule has 0 saturated carbocycles. The second kappa shape index (κ2) is 6.40. The quantitative estimate of drug-likeness (QED) is 0.792. The molecule has 0 saturated heterocycles. The molecule has 1 rings (SSSR count). The number of thiocarbonyl (C=S) groups is 1. The van der Waals surface area contributed by atoms with Crippen molar-refractivity contribution in [2.45, 2.75) is 6.54 Å². The standard InChI is InChI=1S/C12H17FN2O2S2/c1-15(6-7-19(2,16)17)8-9-4-3-5-10(11(9)13)12(14)18/h3-5H,6-8H2,1-2H3,(H2,14,18). The molecule has 0 aliphatic rings. The maximum atomic E-state index is 14.0. The van der Waals surface area contributed by atoms with Gasteiger partial charge in [0.05, 0.1) is 5.75 Å². The van der Waals surface area contributed by atoms with Gasteiger partial charge >= 0.3 is 0 Å². The first-order chi connectivity index (χ1) is 8.70. The number of nitrogens with two attached hydrogens (primary N) is 1. The molecule has 1 aromatic rings. The second-order valence-corrected chi connectivity index (χ2v) is 7.21. The van der Waals surface area contributed by atoms with Crippen LogP contribution in [0.25, 0.3) is 0 Å². The van der Waals surface area contributed by atoms with Gasteiger partial charge in [-0.2, -0.15) is 0 Å². The van der Waals surface area contributed by atoms with Gasteiger partial charge in [-0.25, -0.2) is 12.8 Å². The average molecular weight is 304 g/mol. The van der Waals surface area contributed by atoms with Gasteiger partial charge in [-0.05, 0) is 13.1 Å². The summed E-state index contributed by atoms with van der Waals surface area (Å²) in [5, 5.41) is 0. The third kappa shape index (κ3) is 5.22. The van der Waals surface area contributed by atoms with Crippen LogP contribution in [0.4, 0.5) is 4.39 Å². The molecule has 0 amide bonds. The van der Waals surface area contributed by atoms with Gasteiger partial charge in [0.15, 0.2) is 0 Å². The van der Waals surface area contributed by atoms with Crippen molar-refractivity contribution in [3.63, 3.8) is 0 Å². The van der Waals surface area contributed by atoms with Crippen LogP contribution in [0.2, 0.25) is 0 Å². The van der Waals surface area contributed by atoms with Crippen molar-refractivity contribution in [1.82, 2.24) is 4.90 Å². The van der Waals surface area contributed by atoms with E-state index in [9.17, 15) is 12.8 Å². The molecule has 0 fully saturated rings. The Balaban J connectivity index is 2.77. The topological polar surface area (TPSA) is 63.4 Å². The third-order valence-corrected chi connectivity index (χ3v) is 3.77. The highest BCUT2D eigenvalue weighted by molar-refractivity contribution is 7.90. The SMILES string of the molecule is CN(CCS(C)(=O)=O)Cc1cccc(C(N)=S)c1F. The Labute approximate surface area is 118 Å². The highest BCUT2D eigenvalue weighted by Gasteiger charge is 2.12. The van der Waals surface area contributed by atoms with E-state index < -0.39 is 15.7 Å². The first-order valence-electron chi connectivity index (χ1n) is 5.64. The number of hydrogen-bond donors (Lipinski definition) is 1. The summed E-state index contributed by atoms with van der Waals surface area (Å²) >= 11 is 4.77. The zero-order chi connectivity index (χ0) is 14.6. The van der Waals surface area contributed by atoms with Gasteiger partial charge in [-0.3, -0.25) is 0 Å². The summed E-state index contributed by atoms with van der Waals surface area (Å²) in [6.45, 7) is 0.646. The number of rotatable bonds is 6. The van der Waals surface area contributed by atoms with Crippen LogP contribution >= 0.6 is 12.2 Å². The molecule has 4 nitrogen and oxygen atoms in total. The minimum atomic E-state index is -3.02. The molecule has 7 heteroatoms. The van der Waals surface area contributed by atoms with Gasteiger partial charge in [-0.15, -0.1) is 0 Å². The van der Waals surface area contributed by atoms with Gasteiger partial charge in [-0.1, -0.05) is 24.4 Å². The lowest BCUT2D eigenvalue weighted by molar-refractivity contribution is 0.340. The van der Waals surface area contributed by atoms with Crippen molar-refractivity contribution in [2.75, 3.05) is 25.6 Å². The van der Waals surface area contributed by atoms with Crippen LogP contribution in [0.15, 0.2) is 18.2 Å². The largest absolute Gasteiger partial charge is 0.389 e. The van der Waals surface area contributed by atoms with Crippen molar-refractivity contribution in [1.29, 1.82) is 0 Å². The molecule has 0 spiro atoms. The summed E-state index contributed by atoms with van der Waals surface area (Å²) < 4.78 is 36.2. The second-order valence-electron chi connectivity index (χ2n) is 4.51. The lowest BCUT2D eigenvalue weighted by atomic mass is 10.1. The zero-order valence-electron chi connectivity index (χ0n) is 10.9. The van der Waals surface area contributed by atoms with E-state index in [-0.39, 0.29) is 16.3 Å². The highest BCUT2D eigenvalue weighted by Crippen LogP contribution is 2.14. The minimum Gasteiger partial charge on any atom is -0.389 e. The van der Waals surface area contributed by atoms with Gasteiger partial charge < -0.3 is 10.6 Å². The molecule has 106 valence electrons. The molecular formula is C12H17FN2O2S2. The average Bonchev–Trinajstić information content (AvgIpc) is 2.28. The van der Waals surface area contributed by atoms with E-state index in [1.165, 1.54) is 12.3 Å². The summed E-state index contributed by atoms with van der Waals surface area (Å²) in [7, 11) is -1.29. The molecule has 0 aromatic heterocycles. The fourth-order valence-corrected chi connectivity index (χ4v) is 2.38. The van der Waals surface area contributed by atoms with Crippen LogP contribution in [0.1, 0.15) is 11.1 Å². The van der Waals surface area contributed by atoms with E-state index in [2.05, 4.69) is 0 Å². The number of sulfone groups is 1. The molecule has 19 heavy (non-hydrogen) atoms. The van der Waals surface area contributed by atoms with Crippen LogP contribution in [0, 0.1) is 5.82 Å². The Hall–Kier alpha value is -1.05. The Kier molecular flexibility index (Phi) is 5.39. The van der Waals surface area contributed by atoms with Gasteiger partial charge in [0.25, 0.3) is 0 Å². The van der Waals surface area contributed by atoms with Crippen molar-refractivity contribution in [2.24, 2.45) is 5.73 Å². The van der Waals surface area contributed by atoms with E-state index in [1.54, 1.807) is 24.1 Å². The molecule has 0 radical (unpaired) electrons. The van der Waals surface area contributed by atoms with E-state index in [0.717, 1.165) is 0 Å². The Morgan fingerprint density at radius 2 is 2.11 bits per heavy atom. The van der Waals surface area contributed by atoms with Crippen LogP contribution in [-0.4, -0.2) is 43.9 Å². The summed E-state index contributed by atoms with van der Waals surface area (Å²) in [6, 6.07) is 4.84. The van der Waals surface area contributed by atoms with E-state index in [1.807, 2.05) is 0 Å².